The topological polar surface area (TPSA) is 72.6 Å². The van der Waals surface area contributed by atoms with E-state index in [1.165, 1.54) is 0 Å². The fraction of sp³-hybridized carbons (Fsp3) is 0.667. The predicted molar refractivity (Wildman–Crippen MR) is 62.2 cm³/mol. The highest BCUT2D eigenvalue weighted by atomic mass is 16.5. The summed E-state index contributed by atoms with van der Waals surface area (Å²) in [5, 5.41) is 9.00. The standard InChI is InChI=1S/C12H19NO4/c1-5-6-8-10(11(14)15)17-9(13-8)7-12(2,3)16-4/h5-7H2,1-4H3,(H,14,15). The van der Waals surface area contributed by atoms with Gasteiger partial charge in [0.1, 0.15) is 0 Å². The lowest BCUT2D eigenvalue weighted by molar-refractivity contribution is 0.0176. The minimum Gasteiger partial charge on any atom is -0.475 e. The van der Waals surface area contributed by atoms with Gasteiger partial charge < -0.3 is 14.3 Å². The summed E-state index contributed by atoms with van der Waals surface area (Å²) in [6.07, 6.45) is 1.89. The lowest BCUT2D eigenvalue weighted by atomic mass is 10.1. The second-order valence-electron chi connectivity index (χ2n) is 4.58. The molecule has 17 heavy (non-hydrogen) atoms. The summed E-state index contributed by atoms with van der Waals surface area (Å²) >= 11 is 0. The van der Waals surface area contributed by atoms with E-state index in [4.69, 9.17) is 14.3 Å². The minimum absolute atomic E-state index is 0.0475. The molecule has 0 atom stereocenters. The Morgan fingerprint density at radius 1 is 1.53 bits per heavy atom. The Labute approximate surface area is 101 Å². The molecule has 5 nitrogen and oxygen atoms in total. The number of aromatic carboxylic acids is 1. The van der Waals surface area contributed by atoms with E-state index >= 15 is 0 Å². The average Bonchev–Trinajstić information content (AvgIpc) is 2.61. The van der Waals surface area contributed by atoms with Crippen LogP contribution in [0.5, 0.6) is 0 Å². The molecule has 5 heteroatoms. The molecule has 0 aliphatic heterocycles. The summed E-state index contributed by atoms with van der Waals surface area (Å²) in [5.74, 6) is -0.700. The Balaban J connectivity index is 2.95. The number of nitrogens with zero attached hydrogens (tertiary/aromatic N) is 1. The molecule has 0 amide bonds. The average molecular weight is 241 g/mol. The van der Waals surface area contributed by atoms with Crippen LogP contribution in [0.15, 0.2) is 4.42 Å². The molecule has 1 rings (SSSR count). The first kappa shape index (κ1) is 13.7. The van der Waals surface area contributed by atoms with Gasteiger partial charge in [-0.1, -0.05) is 13.3 Å². The number of carboxylic acid groups (broad SMARTS) is 1. The lowest BCUT2D eigenvalue weighted by Crippen LogP contribution is -2.25. The minimum atomic E-state index is -1.07. The van der Waals surface area contributed by atoms with Gasteiger partial charge in [0.05, 0.1) is 17.7 Å². The van der Waals surface area contributed by atoms with Crippen LogP contribution in [0.4, 0.5) is 0 Å². The maximum absolute atomic E-state index is 11.0. The van der Waals surface area contributed by atoms with Crippen molar-refractivity contribution in [3.63, 3.8) is 0 Å². The van der Waals surface area contributed by atoms with Gasteiger partial charge >= 0.3 is 5.97 Å². The summed E-state index contributed by atoms with van der Waals surface area (Å²) < 4.78 is 10.5. The van der Waals surface area contributed by atoms with Crippen molar-refractivity contribution in [2.24, 2.45) is 0 Å². The van der Waals surface area contributed by atoms with E-state index in [1.54, 1.807) is 7.11 Å². The number of hydrogen-bond donors (Lipinski definition) is 1. The lowest BCUT2D eigenvalue weighted by Gasteiger charge is -2.20. The maximum Gasteiger partial charge on any atom is 0.373 e. The first-order valence-corrected chi connectivity index (χ1v) is 5.66. The van der Waals surface area contributed by atoms with Crippen LogP contribution in [0.1, 0.15) is 49.3 Å². The molecule has 0 bridgehead atoms. The van der Waals surface area contributed by atoms with Gasteiger partial charge in [-0.25, -0.2) is 9.78 Å². The normalized spacial score (nSPS) is 11.8. The van der Waals surface area contributed by atoms with E-state index in [0.717, 1.165) is 6.42 Å². The Morgan fingerprint density at radius 2 is 2.18 bits per heavy atom. The first-order chi connectivity index (χ1) is 7.89. The number of methoxy groups -OCH3 is 1. The van der Waals surface area contributed by atoms with Crippen molar-refractivity contribution in [3.05, 3.63) is 17.3 Å². The SMILES string of the molecule is CCCc1nc(CC(C)(C)OC)oc1C(=O)O. The van der Waals surface area contributed by atoms with Crippen LogP contribution in [0, 0.1) is 0 Å². The van der Waals surface area contributed by atoms with Crippen molar-refractivity contribution >= 4 is 5.97 Å². The molecule has 1 aromatic heterocycles. The Hall–Kier alpha value is -1.36. The zero-order chi connectivity index (χ0) is 13.1. The van der Waals surface area contributed by atoms with Gasteiger partial charge in [-0.3, -0.25) is 0 Å². The van der Waals surface area contributed by atoms with Crippen molar-refractivity contribution < 1.29 is 19.1 Å². The highest BCUT2D eigenvalue weighted by Crippen LogP contribution is 2.19. The molecule has 0 radical (unpaired) electrons. The number of ether oxygens (including phenoxy) is 1. The summed E-state index contributed by atoms with van der Waals surface area (Å²) in [7, 11) is 1.61. The number of carbonyl (C=O) groups is 1. The highest BCUT2D eigenvalue weighted by Gasteiger charge is 2.24. The van der Waals surface area contributed by atoms with E-state index in [1.807, 2.05) is 20.8 Å². The molecular formula is C12H19NO4. The second-order valence-corrected chi connectivity index (χ2v) is 4.58. The third-order valence-corrected chi connectivity index (χ3v) is 2.55. The molecule has 0 aromatic carbocycles. The molecule has 1 heterocycles. The molecular weight excluding hydrogens is 222 g/mol. The number of aryl methyl sites for hydroxylation is 1. The molecule has 0 unspecified atom stereocenters. The largest absolute Gasteiger partial charge is 0.475 e. The monoisotopic (exact) mass is 241 g/mol. The van der Waals surface area contributed by atoms with E-state index in [-0.39, 0.29) is 5.76 Å². The number of hydrogen-bond acceptors (Lipinski definition) is 4. The van der Waals surface area contributed by atoms with Crippen LogP contribution >= 0.6 is 0 Å². The highest BCUT2D eigenvalue weighted by molar-refractivity contribution is 5.85. The predicted octanol–water partition coefficient (Wildman–Crippen LogP) is 2.29. The Kier molecular flexibility index (Phi) is 4.28. The molecule has 0 aliphatic carbocycles. The first-order valence-electron chi connectivity index (χ1n) is 5.66. The van der Waals surface area contributed by atoms with Gasteiger partial charge in [0.2, 0.25) is 5.76 Å². The molecule has 1 N–H and O–H groups in total. The van der Waals surface area contributed by atoms with Crippen molar-refractivity contribution in [2.45, 2.75) is 45.6 Å². The van der Waals surface area contributed by atoms with Gasteiger partial charge in [0.25, 0.3) is 0 Å². The van der Waals surface area contributed by atoms with Crippen LogP contribution in [-0.4, -0.2) is 28.8 Å². The molecule has 0 aliphatic rings. The van der Waals surface area contributed by atoms with Crippen LogP contribution in [-0.2, 0) is 17.6 Å². The van der Waals surface area contributed by atoms with Gasteiger partial charge in [0.15, 0.2) is 5.89 Å². The Morgan fingerprint density at radius 3 is 2.65 bits per heavy atom. The maximum atomic E-state index is 11.0. The van der Waals surface area contributed by atoms with E-state index in [9.17, 15) is 4.79 Å². The zero-order valence-corrected chi connectivity index (χ0v) is 10.7. The second kappa shape index (κ2) is 5.31. The summed E-state index contributed by atoms with van der Waals surface area (Å²) in [6.45, 7) is 5.77. The quantitative estimate of drug-likeness (QED) is 0.827. The van der Waals surface area contributed by atoms with Crippen molar-refractivity contribution in [1.82, 2.24) is 4.98 Å². The van der Waals surface area contributed by atoms with Crippen molar-refractivity contribution in [2.75, 3.05) is 7.11 Å². The fourth-order valence-electron chi connectivity index (χ4n) is 1.49. The third-order valence-electron chi connectivity index (χ3n) is 2.55. The Bertz CT molecular complexity index is 395. The van der Waals surface area contributed by atoms with Gasteiger partial charge in [-0.15, -0.1) is 0 Å². The number of oxazole rings is 1. The number of aromatic nitrogens is 1. The molecule has 0 saturated carbocycles. The number of carboxylic acids is 1. The zero-order valence-electron chi connectivity index (χ0n) is 10.7. The number of rotatable bonds is 6. The van der Waals surface area contributed by atoms with Crippen LogP contribution in [0.2, 0.25) is 0 Å². The molecule has 0 fully saturated rings. The van der Waals surface area contributed by atoms with Gasteiger partial charge in [-0.05, 0) is 20.3 Å². The van der Waals surface area contributed by atoms with E-state index < -0.39 is 11.6 Å². The summed E-state index contributed by atoms with van der Waals surface area (Å²) in [6, 6.07) is 0. The third kappa shape index (κ3) is 3.56. The van der Waals surface area contributed by atoms with Gasteiger partial charge in [0, 0.05) is 7.11 Å². The van der Waals surface area contributed by atoms with Crippen LogP contribution in [0.3, 0.4) is 0 Å². The molecule has 0 spiro atoms. The van der Waals surface area contributed by atoms with E-state index in [0.29, 0.717) is 24.4 Å². The van der Waals surface area contributed by atoms with Gasteiger partial charge in [-0.2, -0.15) is 0 Å². The fourth-order valence-corrected chi connectivity index (χ4v) is 1.49. The van der Waals surface area contributed by atoms with E-state index in [2.05, 4.69) is 4.98 Å². The van der Waals surface area contributed by atoms with Crippen molar-refractivity contribution in [1.29, 1.82) is 0 Å². The summed E-state index contributed by atoms with van der Waals surface area (Å²) in [5.41, 5.74) is 0.103. The smallest absolute Gasteiger partial charge is 0.373 e. The molecule has 96 valence electrons. The van der Waals surface area contributed by atoms with Crippen LogP contribution < -0.4 is 0 Å². The molecule has 1 aromatic rings. The summed E-state index contributed by atoms with van der Waals surface area (Å²) in [4.78, 5) is 15.2. The molecule has 0 saturated heterocycles. The van der Waals surface area contributed by atoms with Crippen molar-refractivity contribution in [3.8, 4) is 0 Å². The van der Waals surface area contributed by atoms with Crippen LogP contribution in [0.25, 0.3) is 0 Å².